The quantitative estimate of drug-likeness (QED) is 0.869. The number of hydrogen-bond acceptors (Lipinski definition) is 2. The van der Waals surface area contributed by atoms with Crippen LogP contribution in [-0.2, 0) is 6.42 Å². The number of aromatic nitrogens is 1. The molecule has 2 rings (SSSR count). The average Bonchev–Trinajstić information content (AvgIpc) is 2.46. The molecule has 0 aliphatic rings. The highest BCUT2D eigenvalue weighted by Gasteiger charge is 2.08. The molecule has 0 radical (unpaired) electrons. The molecule has 0 saturated carbocycles. The van der Waals surface area contributed by atoms with Crippen LogP contribution in [0.4, 0.5) is 0 Å². The molecular weight excluding hydrogens is 220 g/mol. The largest absolute Gasteiger partial charge is 0.320 e. The van der Waals surface area contributed by atoms with E-state index in [1.54, 1.807) is 6.20 Å². The lowest BCUT2D eigenvalue weighted by Gasteiger charge is -2.12. The average molecular weight is 240 g/mol. The van der Waals surface area contributed by atoms with Crippen LogP contribution in [0.2, 0.25) is 0 Å². The summed E-state index contributed by atoms with van der Waals surface area (Å²) in [6.07, 6.45) is 7.23. The Hall–Kier alpha value is -1.67. The molecule has 0 aliphatic heterocycles. The smallest absolute Gasteiger partial charge is 0.0566 e. The number of unbranched alkanes of at least 4 members (excludes halogenated alkanes) is 1. The SMILES string of the molecule is CCCCc1ccc(C(N)c2cccnc2)cc1. The highest BCUT2D eigenvalue weighted by atomic mass is 14.7. The first-order chi connectivity index (χ1) is 8.81. The van der Waals surface area contributed by atoms with Gasteiger partial charge in [0.05, 0.1) is 6.04 Å². The molecule has 2 nitrogen and oxygen atoms in total. The summed E-state index contributed by atoms with van der Waals surface area (Å²) in [7, 11) is 0. The van der Waals surface area contributed by atoms with Crippen LogP contribution in [0.3, 0.4) is 0 Å². The van der Waals surface area contributed by atoms with Crippen molar-refractivity contribution in [3.63, 3.8) is 0 Å². The van der Waals surface area contributed by atoms with Crippen molar-refractivity contribution in [1.29, 1.82) is 0 Å². The molecule has 1 aromatic carbocycles. The van der Waals surface area contributed by atoms with Gasteiger partial charge >= 0.3 is 0 Å². The fourth-order valence-electron chi connectivity index (χ4n) is 2.02. The van der Waals surface area contributed by atoms with E-state index in [2.05, 4.69) is 36.2 Å². The topological polar surface area (TPSA) is 38.9 Å². The van der Waals surface area contributed by atoms with Gasteiger partial charge in [0.1, 0.15) is 0 Å². The van der Waals surface area contributed by atoms with Gasteiger partial charge in [0.25, 0.3) is 0 Å². The number of benzene rings is 1. The Balaban J connectivity index is 2.09. The van der Waals surface area contributed by atoms with E-state index < -0.39 is 0 Å². The lowest BCUT2D eigenvalue weighted by Crippen LogP contribution is -2.11. The lowest BCUT2D eigenvalue weighted by atomic mass is 9.99. The molecule has 1 unspecified atom stereocenters. The molecule has 1 aromatic heterocycles. The number of rotatable bonds is 5. The molecule has 0 bridgehead atoms. The number of aryl methyl sites for hydroxylation is 1. The fourth-order valence-corrected chi connectivity index (χ4v) is 2.02. The first kappa shape index (κ1) is 12.8. The van der Waals surface area contributed by atoms with Crippen molar-refractivity contribution < 1.29 is 0 Å². The first-order valence-corrected chi connectivity index (χ1v) is 6.55. The van der Waals surface area contributed by atoms with Crippen molar-refractivity contribution >= 4 is 0 Å². The van der Waals surface area contributed by atoms with Gasteiger partial charge in [-0.15, -0.1) is 0 Å². The molecule has 0 aliphatic carbocycles. The third-order valence-corrected chi connectivity index (χ3v) is 3.20. The zero-order valence-electron chi connectivity index (χ0n) is 10.8. The lowest BCUT2D eigenvalue weighted by molar-refractivity contribution is 0.793. The van der Waals surface area contributed by atoms with E-state index in [1.165, 1.54) is 18.4 Å². The summed E-state index contributed by atoms with van der Waals surface area (Å²) in [4.78, 5) is 4.11. The van der Waals surface area contributed by atoms with Gasteiger partial charge in [-0.05, 0) is 35.6 Å². The molecule has 1 atom stereocenters. The second kappa shape index (κ2) is 6.31. The van der Waals surface area contributed by atoms with Gasteiger partial charge < -0.3 is 5.73 Å². The van der Waals surface area contributed by atoms with Crippen molar-refractivity contribution in [3.8, 4) is 0 Å². The summed E-state index contributed by atoms with van der Waals surface area (Å²) < 4.78 is 0. The van der Waals surface area contributed by atoms with Crippen molar-refractivity contribution in [2.24, 2.45) is 5.73 Å². The van der Waals surface area contributed by atoms with Crippen LogP contribution >= 0.6 is 0 Å². The molecular formula is C16H20N2. The Morgan fingerprint density at radius 1 is 1.11 bits per heavy atom. The van der Waals surface area contributed by atoms with E-state index in [4.69, 9.17) is 5.73 Å². The molecule has 2 aromatic rings. The van der Waals surface area contributed by atoms with E-state index in [0.717, 1.165) is 17.5 Å². The summed E-state index contributed by atoms with van der Waals surface area (Å²) in [5.41, 5.74) is 9.81. The van der Waals surface area contributed by atoms with Crippen LogP contribution in [0, 0.1) is 0 Å². The predicted octanol–water partition coefficient (Wildman–Crippen LogP) is 3.47. The molecule has 0 amide bonds. The van der Waals surface area contributed by atoms with Crippen LogP contribution in [0.15, 0.2) is 48.8 Å². The van der Waals surface area contributed by atoms with E-state index in [9.17, 15) is 0 Å². The zero-order valence-corrected chi connectivity index (χ0v) is 10.8. The third kappa shape index (κ3) is 3.17. The van der Waals surface area contributed by atoms with Crippen LogP contribution in [0.25, 0.3) is 0 Å². The monoisotopic (exact) mass is 240 g/mol. The molecule has 0 fully saturated rings. The van der Waals surface area contributed by atoms with Crippen molar-refractivity contribution in [2.75, 3.05) is 0 Å². The Morgan fingerprint density at radius 2 is 1.89 bits per heavy atom. The summed E-state index contributed by atoms with van der Waals surface area (Å²) in [6.45, 7) is 2.21. The molecule has 18 heavy (non-hydrogen) atoms. The number of pyridine rings is 1. The summed E-state index contributed by atoms with van der Waals surface area (Å²) in [6, 6.07) is 12.5. The first-order valence-electron chi connectivity index (χ1n) is 6.55. The predicted molar refractivity (Wildman–Crippen MR) is 75.3 cm³/mol. The molecule has 1 heterocycles. The third-order valence-electron chi connectivity index (χ3n) is 3.20. The van der Waals surface area contributed by atoms with Crippen molar-refractivity contribution in [1.82, 2.24) is 4.98 Å². The minimum Gasteiger partial charge on any atom is -0.320 e. The second-order valence-corrected chi connectivity index (χ2v) is 4.61. The van der Waals surface area contributed by atoms with Gasteiger partial charge in [0, 0.05) is 12.4 Å². The Kier molecular flexibility index (Phi) is 4.48. The summed E-state index contributed by atoms with van der Waals surface area (Å²) in [5, 5.41) is 0. The second-order valence-electron chi connectivity index (χ2n) is 4.61. The highest BCUT2D eigenvalue weighted by molar-refractivity contribution is 5.31. The normalized spacial score (nSPS) is 12.3. The van der Waals surface area contributed by atoms with Gasteiger partial charge in [0.15, 0.2) is 0 Å². The fraction of sp³-hybridized carbons (Fsp3) is 0.312. The van der Waals surface area contributed by atoms with Crippen molar-refractivity contribution in [3.05, 3.63) is 65.5 Å². The summed E-state index contributed by atoms with van der Waals surface area (Å²) in [5.74, 6) is 0. The Labute approximate surface area is 109 Å². The van der Waals surface area contributed by atoms with Crippen LogP contribution in [0.5, 0.6) is 0 Å². The van der Waals surface area contributed by atoms with Gasteiger partial charge in [0.2, 0.25) is 0 Å². The van der Waals surface area contributed by atoms with Crippen LogP contribution < -0.4 is 5.73 Å². The minimum atomic E-state index is -0.0843. The van der Waals surface area contributed by atoms with Gasteiger partial charge in [-0.1, -0.05) is 43.7 Å². The van der Waals surface area contributed by atoms with E-state index in [1.807, 2.05) is 18.3 Å². The highest BCUT2D eigenvalue weighted by Crippen LogP contribution is 2.19. The number of hydrogen-bond donors (Lipinski definition) is 1. The van der Waals surface area contributed by atoms with E-state index in [0.29, 0.717) is 0 Å². The van der Waals surface area contributed by atoms with E-state index in [-0.39, 0.29) is 6.04 Å². The van der Waals surface area contributed by atoms with E-state index >= 15 is 0 Å². The van der Waals surface area contributed by atoms with Crippen LogP contribution in [-0.4, -0.2) is 4.98 Å². The maximum absolute atomic E-state index is 6.23. The summed E-state index contributed by atoms with van der Waals surface area (Å²) >= 11 is 0. The molecule has 0 spiro atoms. The molecule has 2 heteroatoms. The molecule has 2 N–H and O–H groups in total. The standard InChI is InChI=1S/C16H20N2/c1-2-3-5-13-7-9-14(10-8-13)16(17)15-6-4-11-18-12-15/h4,6-12,16H,2-3,5,17H2,1H3. The Morgan fingerprint density at radius 3 is 2.50 bits per heavy atom. The number of nitrogens with zero attached hydrogens (tertiary/aromatic N) is 1. The van der Waals surface area contributed by atoms with Gasteiger partial charge in [-0.2, -0.15) is 0 Å². The van der Waals surface area contributed by atoms with Gasteiger partial charge in [-0.3, -0.25) is 4.98 Å². The Bertz CT molecular complexity index is 462. The zero-order chi connectivity index (χ0) is 12.8. The van der Waals surface area contributed by atoms with Crippen molar-refractivity contribution in [2.45, 2.75) is 32.2 Å². The minimum absolute atomic E-state index is 0.0843. The molecule has 0 saturated heterocycles. The maximum atomic E-state index is 6.23. The molecule has 94 valence electrons. The maximum Gasteiger partial charge on any atom is 0.0566 e. The number of nitrogens with two attached hydrogens (primary N) is 1. The van der Waals surface area contributed by atoms with Gasteiger partial charge in [-0.25, -0.2) is 0 Å². The van der Waals surface area contributed by atoms with Crippen LogP contribution in [0.1, 0.15) is 42.5 Å².